The number of rotatable bonds is 9. The number of carbonyl (C=O) groups excluding carboxylic acids is 2. The topological polar surface area (TPSA) is 93.5 Å². The molecule has 29 heavy (non-hydrogen) atoms. The van der Waals surface area contributed by atoms with E-state index in [0.717, 1.165) is 12.2 Å². The molecular weight excluding hydrogens is 366 g/mol. The zero-order valence-corrected chi connectivity index (χ0v) is 15.9. The molecular formula is C23H23N3O3. The molecule has 0 unspecified atom stereocenters. The van der Waals surface area contributed by atoms with E-state index in [1.165, 1.54) is 5.56 Å². The van der Waals surface area contributed by atoms with Gasteiger partial charge in [0.25, 0.3) is 0 Å². The van der Waals surface area contributed by atoms with E-state index < -0.39 is 5.91 Å². The molecule has 148 valence electrons. The highest BCUT2D eigenvalue weighted by Gasteiger charge is 2.05. The monoisotopic (exact) mass is 389 g/mol. The lowest BCUT2D eigenvalue weighted by Crippen LogP contribution is -2.22. The minimum Gasteiger partial charge on any atom is -0.493 e. The summed E-state index contributed by atoms with van der Waals surface area (Å²) >= 11 is 0. The Morgan fingerprint density at radius 1 is 0.862 bits per heavy atom. The zero-order valence-electron chi connectivity index (χ0n) is 15.9. The van der Waals surface area contributed by atoms with Crippen molar-refractivity contribution in [1.29, 1.82) is 0 Å². The van der Waals surface area contributed by atoms with Gasteiger partial charge in [0, 0.05) is 23.4 Å². The molecule has 0 spiro atoms. The number of benzene rings is 3. The largest absolute Gasteiger partial charge is 0.493 e. The Hall–Kier alpha value is -3.80. The molecule has 4 N–H and O–H groups in total. The van der Waals surface area contributed by atoms with Gasteiger partial charge in [0.2, 0.25) is 11.8 Å². The highest BCUT2D eigenvalue weighted by atomic mass is 16.5. The van der Waals surface area contributed by atoms with Crippen LogP contribution in [0.5, 0.6) is 5.75 Å². The Morgan fingerprint density at radius 3 is 2.34 bits per heavy atom. The molecule has 0 fully saturated rings. The number of hydrogen-bond donors (Lipinski definition) is 3. The second kappa shape index (κ2) is 9.94. The molecule has 0 aliphatic carbocycles. The fourth-order valence-corrected chi connectivity index (χ4v) is 2.74. The van der Waals surface area contributed by atoms with Crippen molar-refractivity contribution in [3.05, 3.63) is 90.0 Å². The first-order valence-corrected chi connectivity index (χ1v) is 9.30. The van der Waals surface area contributed by atoms with Gasteiger partial charge in [-0.15, -0.1) is 0 Å². The number of carbonyl (C=O) groups is 2. The summed E-state index contributed by atoms with van der Waals surface area (Å²) in [6.45, 7) is 0.654. The Morgan fingerprint density at radius 2 is 1.62 bits per heavy atom. The van der Waals surface area contributed by atoms with E-state index in [9.17, 15) is 9.59 Å². The average molecular weight is 389 g/mol. The zero-order chi connectivity index (χ0) is 20.5. The van der Waals surface area contributed by atoms with Crippen LogP contribution < -0.4 is 21.1 Å². The molecule has 0 aromatic heterocycles. The number of anilines is 2. The SMILES string of the molecule is NC(=O)c1cccc(NCC(=O)Nc2ccc(OCCc3ccccc3)cc2)c1. The van der Waals surface area contributed by atoms with Crippen LogP contribution in [0.2, 0.25) is 0 Å². The van der Waals surface area contributed by atoms with Crippen LogP contribution in [-0.4, -0.2) is 25.0 Å². The van der Waals surface area contributed by atoms with Gasteiger partial charge in [-0.1, -0.05) is 36.4 Å². The van der Waals surface area contributed by atoms with Gasteiger partial charge in [-0.2, -0.15) is 0 Å². The van der Waals surface area contributed by atoms with Crippen LogP contribution in [0.15, 0.2) is 78.9 Å². The molecule has 3 rings (SSSR count). The summed E-state index contributed by atoms with van der Waals surface area (Å²) in [5.74, 6) is 0.0386. The fourth-order valence-electron chi connectivity index (χ4n) is 2.74. The van der Waals surface area contributed by atoms with Gasteiger partial charge < -0.3 is 21.1 Å². The number of primary amides is 1. The van der Waals surface area contributed by atoms with Crippen LogP contribution >= 0.6 is 0 Å². The Balaban J connectivity index is 1.43. The summed E-state index contributed by atoms with van der Waals surface area (Å²) in [5, 5.41) is 5.78. The first kappa shape index (κ1) is 19.9. The van der Waals surface area contributed by atoms with E-state index in [1.807, 2.05) is 30.3 Å². The molecule has 3 aromatic rings. The summed E-state index contributed by atoms with van der Waals surface area (Å²) in [6.07, 6.45) is 0.835. The normalized spacial score (nSPS) is 10.2. The lowest BCUT2D eigenvalue weighted by molar-refractivity contribution is -0.114. The third kappa shape index (κ3) is 6.39. The van der Waals surface area contributed by atoms with Crippen molar-refractivity contribution in [3.63, 3.8) is 0 Å². The first-order valence-electron chi connectivity index (χ1n) is 9.30. The number of ether oxygens (including phenoxy) is 1. The lowest BCUT2D eigenvalue weighted by atomic mass is 10.2. The highest BCUT2D eigenvalue weighted by Crippen LogP contribution is 2.16. The molecule has 0 aliphatic heterocycles. The molecule has 0 aliphatic rings. The van der Waals surface area contributed by atoms with Crippen LogP contribution in [0.25, 0.3) is 0 Å². The van der Waals surface area contributed by atoms with Gasteiger partial charge in [0.15, 0.2) is 0 Å². The predicted octanol–water partition coefficient (Wildman–Crippen LogP) is 3.46. The van der Waals surface area contributed by atoms with Crippen LogP contribution in [-0.2, 0) is 11.2 Å². The Bertz CT molecular complexity index is 957. The van der Waals surface area contributed by atoms with E-state index in [1.54, 1.807) is 36.4 Å². The number of amides is 2. The molecule has 6 heteroatoms. The quantitative estimate of drug-likeness (QED) is 0.522. The van der Waals surface area contributed by atoms with Gasteiger partial charge >= 0.3 is 0 Å². The number of nitrogens with one attached hydrogen (secondary N) is 2. The third-order valence-electron chi connectivity index (χ3n) is 4.24. The van der Waals surface area contributed by atoms with Gasteiger partial charge in [-0.05, 0) is 48.0 Å². The van der Waals surface area contributed by atoms with Gasteiger partial charge in [0.1, 0.15) is 5.75 Å². The summed E-state index contributed by atoms with van der Waals surface area (Å²) < 4.78 is 5.74. The maximum Gasteiger partial charge on any atom is 0.248 e. The first-order chi connectivity index (χ1) is 14.1. The van der Waals surface area contributed by atoms with Crippen molar-refractivity contribution in [3.8, 4) is 5.75 Å². The maximum atomic E-state index is 12.1. The van der Waals surface area contributed by atoms with Crippen molar-refractivity contribution in [2.75, 3.05) is 23.8 Å². The molecule has 0 heterocycles. The minimum atomic E-state index is -0.510. The minimum absolute atomic E-state index is 0.0670. The molecule has 0 saturated carbocycles. The number of nitrogens with two attached hydrogens (primary N) is 1. The molecule has 0 saturated heterocycles. The molecule has 6 nitrogen and oxygen atoms in total. The predicted molar refractivity (Wildman–Crippen MR) is 114 cm³/mol. The van der Waals surface area contributed by atoms with Crippen molar-refractivity contribution >= 4 is 23.2 Å². The van der Waals surface area contributed by atoms with Gasteiger partial charge in [-0.3, -0.25) is 9.59 Å². The molecule has 2 amide bonds. The molecule has 0 bridgehead atoms. The highest BCUT2D eigenvalue weighted by molar-refractivity contribution is 5.95. The van der Waals surface area contributed by atoms with Crippen molar-refractivity contribution in [2.24, 2.45) is 5.73 Å². The number of hydrogen-bond acceptors (Lipinski definition) is 4. The van der Waals surface area contributed by atoms with E-state index >= 15 is 0 Å². The van der Waals surface area contributed by atoms with Crippen molar-refractivity contribution in [2.45, 2.75) is 6.42 Å². The summed E-state index contributed by atoms with van der Waals surface area (Å²) in [4.78, 5) is 23.3. The standard InChI is InChI=1S/C23H23N3O3/c24-23(28)18-7-4-8-20(15-18)25-16-22(27)26-19-9-11-21(12-10-19)29-14-13-17-5-2-1-3-6-17/h1-12,15,25H,13-14,16H2,(H2,24,28)(H,26,27). The fraction of sp³-hybridized carbons (Fsp3) is 0.130. The van der Waals surface area contributed by atoms with E-state index in [2.05, 4.69) is 22.8 Å². The molecule has 0 atom stereocenters. The second-order valence-electron chi connectivity index (χ2n) is 6.46. The Kier molecular flexibility index (Phi) is 6.84. The average Bonchev–Trinajstić information content (AvgIpc) is 2.74. The second-order valence-corrected chi connectivity index (χ2v) is 6.46. The molecule has 3 aromatic carbocycles. The van der Waals surface area contributed by atoms with E-state index in [-0.39, 0.29) is 12.5 Å². The lowest BCUT2D eigenvalue weighted by Gasteiger charge is -2.10. The van der Waals surface area contributed by atoms with Crippen molar-refractivity contribution < 1.29 is 14.3 Å². The van der Waals surface area contributed by atoms with E-state index in [0.29, 0.717) is 23.5 Å². The Labute approximate surface area is 169 Å². The van der Waals surface area contributed by atoms with Crippen molar-refractivity contribution in [1.82, 2.24) is 0 Å². The summed E-state index contributed by atoms with van der Waals surface area (Å²) in [7, 11) is 0. The van der Waals surface area contributed by atoms with Gasteiger partial charge in [-0.25, -0.2) is 0 Å². The summed E-state index contributed by atoms with van der Waals surface area (Å²) in [6, 6.07) is 24.1. The van der Waals surface area contributed by atoms with Gasteiger partial charge in [0.05, 0.1) is 13.2 Å². The smallest absolute Gasteiger partial charge is 0.248 e. The van der Waals surface area contributed by atoms with Crippen LogP contribution in [0, 0.1) is 0 Å². The van der Waals surface area contributed by atoms with E-state index in [4.69, 9.17) is 10.5 Å². The summed E-state index contributed by atoms with van der Waals surface area (Å²) in [5.41, 5.74) is 8.20. The maximum absolute atomic E-state index is 12.1. The third-order valence-corrected chi connectivity index (χ3v) is 4.24. The van der Waals surface area contributed by atoms with Crippen LogP contribution in [0.4, 0.5) is 11.4 Å². The van der Waals surface area contributed by atoms with Crippen LogP contribution in [0.1, 0.15) is 15.9 Å². The molecule has 0 radical (unpaired) electrons. The van der Waals surface area contributed by atoms with Crippen LogP contribution in [0.3, 0.4) is 0 Å².